The number of amides is 2. The summed E-state index contributed by atoms with van der Waals surface area (Å²) in [5.41, 5.74) is 1.72. The minimum absolute atomic E-state index is 0.113. The highest BCUT2D eigenvalue weighted by atomic mass is 16.6. The van der Waals surface area contributed by atoms with E-state index in [4.69, 9.17) is 9.47 Å². The lowest BCUT2D eigenvalue weighted by atomic mass is 10.2. The molecule has 3 rings (SSSR count). The number of nitrogens with one attached hydrogen (secondary N) is 1. The Morgan fingerprint density at radius 1 is 1.15 bits per heavy atom. The standard InChI is InChI=1S/C19H19N3O4/c1-25-16-10-6-5-9-15(16)11-20-18-21-17(23)12-22(18)19(24)26-13-14-7-3-2-4-8-14/h2-10H,11-13H2,1H3,(H,20,21,23). The Hall–Kier alpha value is -3.35. The molecule has 1 N–H and O–H groups in total. The summed E-state index contributed by atoms with van der Waals surface area (Å²) >= 11 is 0. The third kappa shape index (κ3) is 4.18. The van der Waals surface area contributed by atoms with E-state index in [0.717, 1.165) is 11.1 Å². The number of rotatable bonds is 5. The molecule has 2 aromatic rings. The van der Waals surface area contributed by atoms with Gasteiger partial charge in [-0.25, -0.2) is 14.7 Å². The van der Waals surface area contributed by atoms with E-state index in [1.807, 2.05) is 54.6 Å². The molecule has 0 radical (unpaired) electrons. The van der Waals surface area contributed by atoms with Crippen molar-refractivity contribution in [3.8, 4) is 5.75 Å². The molecular formula is C19H19N3O4. The smallest absolute Gasteiger partial charge is 0.417 e. The van der Waals surface area contributed by atoms with Gasteiger partial charge in [0.1, 0.15) is 18.9 Å². The number of carbonyl (C=O) groups is 2. The first-order chi connectivity index (χ1) is 12.7. The van der Waals surface area contributed by atoms with Crippen LogP contribution in [0.25, 0.3) is 0 Å². The number of methoxy groups -OCH3 is 1. The molecule has 7 nitrogen and oxygen atoms in total. The van der Waals surface area contributed by atoms with Crippen molar-refractivity contribution in [1.29, 1.82) is 0 Å². The molecule has 0 unspecified atom stereocenters. The van der Waals surface area contributed by atoms with Gasteiger partial charge in [-0.2, -0.15) is 0 Å². The number of carbonyl (C=O) groups excluding carboxylic acids is 2. The predicted octanol–water partition coefficient (Wildman–Crippen LogP) is 2.32. The van der Waals surface area contributed by atoms with Crippen LogP contribution in [0.3, 0.4) is 0 Å². The average molecular weight is 353 g/mol. The van der Waals surface area contributed by atoms with Crippen molar-refractivity contribution in [2.75, 3.05) is 13.7 Å². The number of aliphatic imine (C=N–C) groups is 1. The summed E-state index contributed by atoms with van der Waals surface area (Å²) in [5, 5.41) is 2.59. The molecule has 2 amide bonds. The topological polar surface area (TPSA) is 80.2 Å². The quantitative estimate of drug-likeness (QED) is 0.895. The van der Waals surface area contributed by atoms with Crippen molar-refractivity contribution < 1.29 is 19.1 Å². The normalized spacial score (nSPS) is 15.0. The van der Waals surface area contributed by atoms with E-state index in [-0.39, 0.29) is 31.6 Å². The SMILES string of the molecule is COc1ccccc1CN=C1NC(=O)CN1C(=O)OCc1ccccc1. The van der Waals surface area contributed by atoms with Crippen molar-refractivity contribution in [3.05, 3.63) is 65.7 Å². The fourth-order valence-corrected chi connectivity index (χ4v) is 2.52. The van der Waals surface area contributed by atoms with E-state index in [9.17, 15) is 9.59 Å². The summed E-state index contributed by atoms with van der Waals surface area (Å²) in [7, 11) is 1.58. The molecule has 1 saturated heterocycles. The van der Waals surface area contributed by atoms with Crippen molar-refractivity contribution in [2.45, 2.75) is 13.2 Å². The van der Waals surface area contributed by atoms with E-state index in [0.29, 0.717) is 5.75 Å². The lowest BCUT2D eigenvalue weighted by Gasteiger charge is -2.15. The molecule has 1 aliphatic heterocycles. The number of benzene rings is 2. The highest BCUT2D eigenvalue weighted by Crippen LogP contribution is 2.18. The van der Waals surface area contributed by atoms with Gasteiger partial charge in [0.25, 0.3) is 0 Å². The summed E-state index contributed by atoms with van der Waals surface area (Å²) in [4.78, 5) is 29.6. The minimum atomic E-state index is -0.619. The van der Waals surface area contributed by atoms with E-state index in [1.54, 1.807) is 7.11 Å². The molecule has 0 atom stereocenters. The van der Waals surface area contributed by atoms with Gasteiger partial charge in [0.05, 0.1) is 13.7 Å². The number of hydrogen-bond donors (Lipinski definition) is 1. The van der Waals surface area contributed by atoms with E-state index >= 15 is 0 Å². The zero-order valence-corrected chi connectivity index (χ0v) is 14.3. The summed E-state index contributed by atoms with van der Waals surface area (Å²) in [6.45, 7) is 0.282. The molecule has 0 aromatic heterocycles. The van der Waals surface area contributed by atoms with Gasteiger partial charge in [-0.05, 0) is 11.6 Å². The molecule has 2 aromatic carbocycles. The van der Waals surface area contributed by atoms with E-state index in [2.05, 4.69) is 10.3 Å². The van der Waals surface area contributed by atoms with Crippen LogP contribution in [-0.4, -0.2) is 36.5 Å². The molecular weight excluding hydrogens is 334 g/mol. The first-order valence-corrected chi connectivity index (χ1v) is 8.12. The Kier molecular flexibility index (Phi) is 5.48. The second kappa shape index (κ2) is 8.15. The summed E-state index contributed by atoms with van der Waals surface area (Å²) in [5.74, 6) is 0.568. The first-order valence-electron chi connectivity index (χ1n) is 8.12. The number of guanidine groups is 1. The zero-order valence-electron chi connectivity index (χ0n) is 14.3. The van der Waals surface area contributed by atoms with Crippen LogP contribution in [0.1, 0.15) is 11.1 Å². The number of ether oxygens (including phenoxy) is 2. The van der Waals surface area contributed by atoms with Gasteiger partial charge in [-0.3, -0.25) is 10.1 Å². The maximum absolute atomic E-state index is 12.3. The summed E-state index contributed by atoms with van der Waals surface area (Å²) in [6.07, 6.45) is -0.619. The van der Waals surface area contributed by atoms with Crippen LogP contribution in [-0.2, 0) is 22.7 Å². The fourth-order valence-electron chi connectivity index (χ4n) is 2.52. The molecule has 134 valence electrons. The van der Waals surface area contributed by atoms with E-state index < -0.39 is 6.09 Å². The number of nitrogens with zero attached hydrogens (tertiary/aromatic N) is 2. The average Bonchev–Trinajstić information content (AvgIpc) is 3.06. The molecule has 0 bridgehead atoms. The van der Waals surface area contributed by atoms with Gasteiger partial charge in [0, 0.05) is 5.56 Å². The lowest BCUT2D eigenvalue weighted by Crippen LogP contribution is -2.36. The first kappa shape index (κ1) is 17.5. The van der Waals surface area contributed by atoms with Crippen LogP contribution in [0.15, 0.2) is 59.6 Å². The van der Waals surface area contributed by atoms with Crippen molar-refractivity contribution in [1.82, 2.24) is 10.2 Å². The largest absolute Gasteiger partial charge is 0.496 e. The Labute approximate surface area is 151 Å². The van der Waals surface area contributed by atoms with Gasteiger partial charge in [-0.15, -0.1) is 0 Å². The van der Waals surface area contributed by atoms with Gasteiger partial charge >= 0.3 is 6.09 Å². The molecule has 1 aliphatic rings. The summed E-state index contributed by atoms with van der Waals surface area (Å²) < 4.78 is 10.6. The van der Waals surface area contributed by atoms with Gasteiger partial charge < -0.3 is 9.47 Å². The number of para-hydroxylation sites is 1. The van der Waals surface area contributed by atoms with Crippen molar-refractivity contribution in [3.63, 3.8) is 0 Å². The molecule has 1 heterocycles. The zero-order chi connectivity index (χ0) is 18.4. The molecule has 0 saturated carbocycles. The molecule has 0 spiro atoms. The highest BCUT2D eigenvalue weighted by Gasteiger charge is 2.31. The van der Waals surface area contributed by atoms with Gasteiger partial charge in [-0.1, -0.05) is 48.5 Å². The maximum atomic E-state index is 12.3. The lowest BCUT2D eigenvalue weighted by molar-refractivity contribution is -0.118. The van der Waals surface area contributed by atoms with Crippen LogP contribution < -0.4 is 10.1 Å². The second-order valence-electron chi connectivity index (χ2n) is 5.63. The third-order valence-corrected chi connectivity index (χ3v) is 3.83. The van der Waals surface area contributed by atoms with Gasteiger partial charge in [0.15, 0.2) is 0 Å². The highest BCUT2D eigenvalue weighted by molar-refractivity contribution is 6.10. The van der Waals surface area contributed by atoms with Gasteiger partial charge in [0.2, 0.25) is 11.9 Å². The fraction of sp³-hybridized carbons (Fsp3) is 0.211. The number of hydrogen-bond acceptors (Lipinski definition) is 5. The maximum Gasteiger partial charge on any atom is 0.417 e. The van der Waals surface area contributed by atoms with Crippen LogP contribution in [0, 0.1) is 0 Å². The Morgan fingerprint density at radius 2 is 1.88 bits per heavy atom. The van der Waals surface area contributed by atoms with Crippen molar-refractivity contribution >= 4 is 18.0 Å². The van der Waals surface area contributed by atoms with E-state index in [1.165, 1.54) is 4.90 Å². The van der Waals surface area contributed by atoms with Crippen LogP contribution in [0.5, 0.6) is 5.75 Å². The molecule has 7 heteroatoms. The Bertz CT molecular complexity index is 821. The second-order valence-corrected chi connectivity index (χ2v) is 5.63. The third-order valence-electron chi connectivity index (χ3n) is 3.83. The predicted molar refractivity (Wildman–Crippen MR) is 95.6 cm³/mol. The Balaban J connectivity index is 1.67. The van der Waals surface area contributed by atoms with Crippen molar-refractivity contribution in [2.24, 2.45) is 4.99 Å². The monoisotopic (exact) mass is 353 g/mol. The molecule has 26 heavy (non-hydrogen) atoms. The summed E-state index contributed by atoms with van der Waals surface area (Å²) in [6, 6.07) is 16.8. The van der Waals surface area contributed by atoms with Crippen LogP contribution >= 0.6 is 0 Å². The molecule has 0 aliphatic carbocycles. The minimum Gasteiger partial charge on any atom is -0.496 e. The van der Waals surface area contributed by atoms with Crippen LogP contribution in [0.4, 0.5) is 4.79 Å². The Morgan fingerprint density at radius 3 is 2.65 bits per heavy atom. The molecule has 1 fully saturated rings. The van der Waals surface area contributed by atoms with Crippen LogP contribution in [0.2, 0.25) is 0 Å².